The van der Waals surface area contributed by atoms with Crippen molar-refractivity contribution in [1.29, 1.82) is 0 Å². The molecule has 1 saturated carbocycles. The van der Waals surface area contributed by atoms with Crippen LogP contribution in [0.15, 0.2) is 6.20 Å². The normalized spacial score (nSPS) is 23.6. The highest BCUT2D eigenvalue weighted by Crippen LogP contribution is 2.45. The van der Waals surface area contributed by atoms with Gasteiger partial charge in [-0.2, -0.15) is 0 Å². The molecule has 0 radical (unpaired) electrons. The van der Waals surface area contributed by atoms with Crippen molar-refractivity contribution in [2.24, 2.45) is 5.92 Å². The number of carbonyl (C=O) groups excluding carboxylic acids is 1. The number of anilines is 1. The maximum Gasteiger partial charge on any atom is 0.343 e. The first-order chi connectivity index (χ1) is 7.13. The van der Waals surface area contributed by atoms with Gasteiger partial charge in [-0.1, -0.05) is 6.92 Å². The predicted molar refractivity (Wildman–Crippen MR) is 54.3 cm³/mol. The lowest BCUT2D eigenvalue weighted by molar-refractivity contribution is 0.0601. The van der Waals surface area contributed by atoms with E-state index in [1.807, 2.05) is 0 Å². The maximum absolute atomic E-state index is 11.2. The zero-order valence-electron chi connectivity index (χ0n) is 8.73. The first kappa shape index (κ1) is 9.89. The van der Waals surface area contributed by atoms with Gasteiger partial charge in [0.15, 0.2) is 0 Å². The molecule has 15 heavy (non-hydrogen) atoms. The number of nitrogens with zero attached hydrogens (tertiary/aromatic N) is 2. The quantitative estimate of drug-likeness (QED) is 0.731. The standard InChI is InChI=1S/C10H13N3O2/c1-5-3-6(5)9-12-4-7(8(11)13-9)10(14)15-2/h4-6H,3H2,1-2H3,(H2,11,12,13). The van der Waals surface area contributed by atoms with E-state index in [2.05, 4.69) is 21.6 Å². The Balaban J connectivity index is 2.27. The van der Waals surface area contributed by atoms with Crippen LogP contribution in [0.2, 0.25) is 0 Å². The van der Waals surface area contributed by atoms with Crippen LogP contribution in [0, 0.1) is 5.92 Å². The van der Waals surface area contributed by atoms with Gasteiger partial charge >= 0.3 is 5.97 Å². The second-order valence-corrected chi connectivity index (χ2v) is 3.84. The summed E-state index contributed by atoms with van der Waals surface area (Å²) in [5.41, 5.74) is 5.89. The van der Waals surface area contributed by atoms with E-state index in [4.69, 9.17) is 5.73 Å². The number of rotatable bonds is 2. The monoisotopic (exact) mass is 207 g/mol. The fourth-order valence-corrected chi connectivity index (χ4v) is 1.54. The summed E-state index contributed by atoms with van der Waals surface area (Å²) in [5, 5.41) is 0. The molecular formula is C10H13N3O2. The summed E-state index contributed by atoms with van der Waals surface area (Å²) < 4.78 is 4.56. The molecule has 1 aliphatic carbocycles. The van der Waals surface area contributed by atoms with Crippen LogP contribution < -0.4 is 5.73 Å². The van der Waals surface area contributed by atoms with E-state index in [0.717, 1.165) is 12.2 Å². The highest BCUT2D eigenvalue weighted by Gasteiger charge is 2.36. The smallest absolute Gasteiger partial charge is 0.343 e. The summed E-state index contributed by atoms with van der Waals surface area (Å²) in [4.78, 5) is 19.5. The average molecular weight is 207 g/mol. The van der Waals surface area contributed by atoms with E-state index in [9.17, 15) is 4.79 Å². The first-order valence-electron chi connectivity index (χ1n) is 4.84. The highest BCUT2D eigenvalue weighted by atomic mass is 16.5. The van der Waals surface area contributed by atoms with Gasteiger partial charge in [-0.05, 0) is 12.3 Å². The van der Waals surface area contributed by atoms with Gasteiger partial charge in [-0.25, -0.2) is 14.8 Å². The molecule has 1 aromatic rings. The molecule has 5 nitrogen and oxygen atoms in total. The Hall–Kier alpha value is -1.65. The molecule has 0 aliphatic heterocycles. The summed E-state index contributed by atoms with van der Waals surface area (Å²) in [6.45, 7) is 2.14. The summed E-state index contributed by atoms with van der Waals surface area (Å²) in [5.74, 6) is 1.45. The van der Waals surface area contributed by atoms with Crippen molar-refractivity contribution in [3.05, 3.63) is 17.6 Å². The molecule has 0 aromatic carbocycles. The van der Waals surface area contributed by atoms with Crippen LogP contribution in [0.4, 0.5) is 5.82 Å². The van der Waals surface area contributed by atoms with E-state index in [1.165, 1.54) is 13.3 Å². The number of methoxy groups -OCH3 is 1. The lowest BCUT2D eigenvalue weighted by Gasteiger charge is -2.04. The van der Waals surface area contributed by atoms with Crippen LogP contribution >= 0.6 is 0 Å². The fourth-order valence-electron chi connectivity index (χ4n) is 1.54. The molecule has 2 unspecified atom stereocenters. The first-order valence-corrected chi connectivity index (χ1v) is 4.84. The number of nitrogens with two attached hydrogens (primary N) is 1. The number of hydrogen-bond donors (Lipinski definition) is 1. The molecular weight excluding hydrogens is 194 g/mol. The number of ether oxygens (including phenoxy) is 1. The SMILES string of the molecule is COC(=O)c1cnc(C2CC2C)nc1N. The van der Waals surface area contributed by atoms with Crippen molar-refractivity contribution < 1.29 is 9.53 Å². The molecule has 0 bridgehead atoms. The number of nitrogen functional groups attached to an aromatic ring is 1. The number of aromatic nitrogens is 2. The van der Waals surface area contributed by atoms with Crippen molar-refractivity contribution in [2.45, 2.75) is 19.3 Å². The second-order valence-electron chi connectivity index (χ2n) is 3.84. The zero-order valence-corrected chi connectivity index (χ0v) is 8.73. The van der Waals surface area contributed by atoms with E-state index in [0.29, 0.717) is 11.8 Å². The Labute approximate surface area is 87.7 Å². The molecule has 5 heteroatoms. The molecule has 2 atom stereocenters. The van der Waals surface area contributed by atoms with E-state index in [1.54, 1.807) is 0 Å². The average Bonchev–Trinajstić information content (AvgIpc) is 2.94. The van der Waals surface area contributed by atoms with Gasteiger partial charge in [-0.15, -0.1) is 0 Å². The summed E-state index contributed by atoms with van der Waals surface area (Å²) >= 11 is 0. The van der Waals surface area contributed by atoms with E-state index < -0.39 is 5.97 Å². The van der Waals surface area contributed by atoms with Crippen LogP contribution in [-0.2, 0) is 4.74 Å². The second kappa shape index (κ2) is 3.49. The molecule has 1 fully saturated rings. The predicted octanol–water partition coefficient (Wildman–Crippen LogP) is 0.969. The lowest BCUT2D eigenvalue weighted by atomic mass is 10.2. The molecule has 1 aliphatic rings. The molecule has 1 aromatic heterocycles. The largest absolute Gasteiger partial charge is 0.465 e. The molecule has 2 rings (SSSR count). The Morgan fingerprint density at radius 1 is 1.67 bits per heavy atom. The van der Waals surface area contributed by atoms with Gasteiger partial charge in [0.1, 0.15) is 17.2 Å². The van der Waals surface area contributed by atoms with Crippen molar-refractivity contribution in [3.8, 4) is 0 Å². The van der Waals surface area contributed by atoms with Crippen LogP contribution in [0.1, 0.15) is 35.4 Å². The van der Waals surface area contributed by atoms with Crippen molar-refractivity contribution >= 4 is 11.8 Å². The van der Waals surface area contributed by atoms with Gasteiger partial charge in [0.2, 0.25) is 0 Å². The van der Waals surface area contributed by atoms with Crippen molar-refractivity contribution in [1.82, 2.24) is 9.97 Å². The number of hydrogen-bond acceptors (Lipinski definition) is 5. The van der Waals surface area contributed by atoms with Gasteiger partial charge in [0, 0.05) is 12.1 Å². The van der Waals surface area contributed by atoms with Crippen LogP contribution in [-0.4, -0.2) is 23.0 Å². The molecule has 0 spiro atoms. The minimum Gasteiger partial charge on any atom is -0.465 e. The Morgan fingerprint density at radius 3 is 2.80 bits per heavy atom. The van der Waals surface area contributed by atoms with Crippen molar-refractivity contribution in [2.75, 3.05) is 12.8 Å². The summed E-state index contributed by atoms with van der Waals surface area (Å²) in [7, 11) is 1.30. The fraction of sp³-hybridized carbons (Fsp3) is 0.500. The molecule has 0 amide bonds. The Kier molecular flexibility index (Phi) is 2.30. The van der Waals surface area contributed by atoms with E-state index >= 15 is 0 Å². The van der Waals surface area contributed by atoms with Crippen LogP contribution in [0.3, 0.4) is 0 Å². The molecule has 2 N–H and O–H groups in total. The third-order valence-corrected chi connectivity index (χ3v) is 2.68. The lowest BCUT2D eigenvalue weighted by Crippen LogP contribution is -2.10. The van der Waals surface area contributed by atoms with Crippen LogP contribution in [0.5, 0.6) is 0 Å². The Bertz CT molecular complexity index is 406. The van der Waals surface area contributed by atoms with Gasteiger partial charge in [0.05, 0.1) is 7.11 Å². The topological polar surface area (TPSA) is 78.1 Å². The third-order valence-electron chi connectivity index (χ3n) is 2.68. The third kappa shape index (κ3) is 1.77. The van der Waals surface area contributed by atoms with Gasteiger partial charge < -0.3 is 10.5 Å². The number of carbonyl (C=O) groups is 1. The highest BCUT2D eigenvalue weighted by molar-refractivity contribution is 5.93. The molecule has 80 valence electrons. The maximum atomic E-state index is 11.2. The minimum atomic E-state index is -0.497. The van der Waals surface area contributed by atoms with Gasteiger partial charge in [-0.3, -0.25) is 0 Å². The minimum absolute atomic E-state index is 0.200. The Morgan fingerprint density at radius 2 is 2.33 bits per heavy atom. The van der Waals surface area contributed by atoms with Crippen molar-refractivity contribution in [3.63, 3.8) is 0 Å². The molecule has 0 saturated heterocycles. The zero-order chi connectivity index (χ0) is 11.0. The number of esters is 1. The summed E-state index contributed by atoms with van der Waals surface area (Å²) in [6.07, 6.45) is 2.53. The van der Waals surface area contributed by atoms with E-state index in [-0.39, 0.29) is 11.4 Å². The van der Waals surface area contributed by atoms with Crippen LogP contribution in [0.25, 0.3) is 0 Å². The molecule has 1 heterocycles. The summed E-state index contributed by atoms with van der Waals surface area (Å²) in [6, 6.07) is 0. The van der Waals surface area contributed by atoms with Gasteiger partial charge in [0.25, 0.3) is 0 Å².